The van der Waals surface area contributed by atoms with Crippen molar-refractivity contribution in [3.8, 4) is 40.5 Å². The number of nitrogens with zero attached hydrogens (tertiary/aromatic N) is 8. The van der Waals surface area contributed by atoms with Crippen molar-refractivity contribution >= 4 is 153 Å². The molecule has 147 heavy (non-hydrogen) atoms. The molecule has 0 saturated carbocycles. The molecular formula is C96H128Cl6F4N13O23P5. The van der Waals surface area contributed by atoms with Crippen LogP contribution in [0, 0.1) is 23.7 Å². The zero-order chi connectivity index (χ0) is 105. The molecule has 0 aliphatic carbocycles. The number of aliphatic hydroxyl groups excluding tert-OH is 1. The lowest BCUT2D eigenvalue weighted by molar-refractivity contribution is -0.202. The first kappa shape index (κ1) is 128. The lowest BCUT2D eigenvalue weighted by Crippen LogP contribution is -2.47. The van der Waals surface area contributed by atoms with Gasteiger partial charge in [-0.2, -0.15) is 30.1 Å². The zero-order valence-corrected chi connectivity index (χ0v) is 89.1. The van der Waals surface area contributed by atoms with Gasteiger partial charge in [0.15, 0.2) is 52.2 Å². The summed E-state index contributed by atoms with van der Waals surface area (Å²) < 4.78 is 206. The number of hydrogen-bond acceptors (Lipinski definition) is 31. The number of fused-ring (bicyclic) bond motifs is 2. The number of carbonyl (C=O) groups excluding carboxylic acids is 3. The highest BCUT2D eigenvalue weighted by Gasteiger charge is 2.66. The lowest BCUT2D eigenvalue weighted by Gasteiger charge is -2.37. The smallest absolute Gasteiger partial charge is 0.459 e. The first-order valence-electron chi connectivity index (χ1n) is 44.3. The standard InChI is InChI=1S/C47H53F2N6O8P.C26H35F2N6O8P.C13H19ClNO4P.C6H5Cl2O2P.4CH4.Cl3OP/c1-8-59-41-39-40(51-44(52-41)53-47(34-18-12-9-13-19-34,35-20-14-10-15-21-35)36-24-26-37(58-7)27-25-36)55(30-50-39)43-45(6,48)33(5)46(49,62-43)29-61-64(57,63-38-22-16-11-17-23-38)54-32(4)42(56)60-28-31(2)3;1-6-38-20-18-19(31-24(29)32-20)34(14-30-18)23-25(5,27)22(36)26(28,41-23)13-40-43(37,42-17-10-8-7-9-11-17)33-16(4)21(35)39-12-15(2)3;1-10(2)9-18-13(16)11(3)15-20(14,17)19-12-7-5-4-6-8-12;7-11(8,9)10-6-4-2-1-3-5-6;;;;;1-5(2,3)4/h9-27,30-33,43H,8,28-29H2,1-7H3,(H,54,57)(H,51,52,53);7-11,14-16,22-23,36H,6,12-13H2,1-5H3,(H,33,37)(H2,29,31,32);4-8,10-11H,9H2,1-3H3,(H,15,17);1-5H;4*1H4;/t32-,33-,43+,45+,46+,64?;16-,22-,23+,25+,26+,43?;11-,20?;;;;;;/m000....../s1. The molecule has 7 aromatic carbocycles. The third kappa shape index (κ3) is 36.7. The van der Waals surface area contributed by atoms with E-state index in [0.717, 1.165) is 34.5 Å². The van der Waals surface area contributed by atoms with Gasteiger partial charge in [-0.3, -0.25) is 37.1 Å². The highest BCUT2D eigenvalue weighted by molar-refractivity contribution is 8.24. The number of nitrogens with two attached hydrogens (primary N) is 1. The molecule has 2 aliphatic heterocycles. The molecule has 0 spiro atoms. The van der Waals surface area contributed by atoms with Gasteiger partial charge in [0.25, 0.3) is 5.85 Å². The second-order valence-electron chi connectivity index (χ2n) is 33.6. The van der Waals surface area contributed by atoms with Crippen LogP contribution in [0.2, 0.25) is 0 Å². The largest absolute Gasteiger partial charge is 0.497 e. The fourth-order valence-electron chi connectivity index (χ4n) is 13.7. The normalized spacial score (nSPS) is 20.2. The Morgan fingerprint density at radius 2 is 0.803 bits per heavy atom. The van der Waals surface area contributed by atoms with Crippen LogP contribution >= 0.6 is 101 Å². The predicted molar refractivity (Wildman–Crippen MR) is 564 cm³/mol. The van der Waals surface area contributed by atoms with Gasteiger partial charge in [0.2, 0.25) is 29.5 Å². The van der Waals surface area contributed by atoms with Gasteiger partial charge < -0.3 is 72.1 Å². The Labute approximate surface area is 882 Å². The van der Waals surface area contributed by atoms with Crippen LogP contribution in [0.15, 0.2) is 219 Å². The first-order chi connectivity index (χ1) is 67.2. The Bertz CT molecular complexity index is 6190. The minimum absolute atomic E-state index is 0. The maximum Gasteiger partial charge on any atom is 0.459 e. The van der Waals surface area contributed by atoms with Crippen molar-refractivity contribution in [1.29, 1.82) is 0 Å². The number of esters is 3. The number of aromatic nitrogens is 8. The van der Waals surface area contributed by atoms with E-state index in [1.165, 1.54) is 69.8 Å². The maximum atomic E-state index is 17.3. The number of benzene rings is 7. The van der Waals surface area contributed by atoms with Crippen molar-refractivity contribution in [2.45, 2.75) is 192 Å². The number of imidazole rings is 2. The van der Waals surface area contributed by atoms with Crippen LogP contribution in [0.1, 0.15) is 156 Å². The minimum Gasteiger partial charge on any atom is -0.497 e. The van der Waals surface area contributed by atoms with E-state index < -0.39 is 136 Å². The van der Waals surface area contributed by atoms with Crippen LogP contribution in [0.3, 0.4) is 0 Å². The van der Waals surface area contributed by atoms with Gasteiger partial charge in [-0.25, -0.2) is 50.9 Å². The van der Waals surface area contributed by atoms with E-state index in [1.54, 1.807) is 118 Å². The molecule has 6 heterocycles. The molecule has 0 amide bonds. The molecule has 4 aromatic heterocycles. The van der Waals surface area contributed by atoms with Crippen molar-refractivity contribution in [2.75, 3.05) is 64.4 Å². The van der Waals surface area contributed by atoms with Crippen LogP contribution in [0.4, 0.5) is 29.5 Å². The van der Waals surface area contributed by atoms with Crippen LogP contribution in [0.25, 0.3) is 22.3 Å². The summed E-state index contributed by atoms with van der Waals surface area (Å²) in [5, 5.41) is 18.6. The number of anilines is 2. The summed E-state index contributed by atoms with van der Waals surface area (Å²) in [7, 11) is -7.55. The minimum atomic E-state index is -4.58. The van der Waals surface area contributed by atoms with Crippen molar-refractivity contribution in [1.82, 2.24) is 54.3 Å². The number of ether oxygens (including phenoxy) is 8. The number of nitrogen functional groups attached to an aromatic ring is 1. The van der Waals surface area contributed by atoms with E-state index in [2.05, 4.69) is 78.8 Å². The number of hydrogen-bond donors (Lipinski definition) is 6. The van der Waals surface area contributed by atoms with Gasteiger partial charge in [0, 0.05) is 33.7 Å². The molecule has 3 unspecified atom stereocenters. The number of nitrogens with one attached hydrogen (secondary N) is 4. The molecule has 2 fully saturated rings. The Morgan fingerprint density at radius 1 is 0.469 bits per heavy atom. The molecule has 2 aliphatic rings. The predicted octanol–water partition coefficient (Wildman–Crippen LogP) is 25.6. The number of para-hydroxylation sites is 4. The highest BCUT2D eigenvalue weighted by atomic mass is 36.0. The van der Waals surface area contributed by atoms with Gasteiger partial charge in [0.1, 0.15) is 65.6 Å². The fourth-order valence-corrected chi connectivity index (χ4v) is 19.2. The Kier molecular flexibility index (Phi) is 49.3. The second kappa shape index (κ2) is 56.6. The molecule has 14 atom stereocenters. The quantitative estimate of drug-likeness (QED) is 0.00681. The molecule has 7 N–H and O–H groups in total. The summed E-state index contributed by atoms with van der Waals surface area (Å²) in [5.41, 5.74) is 2.24. The summed E-state index contributed by atoms with van der Waals surface area (Å²) in [6.45, 7) is 17.4. The third-order valence-electron chi connectivity index (χ3n) is 20.6. The topological polar surface area (TPSA) is 447 Å². The molecule has 810 valence electrons. The SMILES string of the molecule is C.C.C.C.CC(C)COC(=O)[C@H](C)NP(=O)(Cl)Oc1ccccc1.CCOc1nc(N)nc2c1ncn2[C@@H]1O[C@](F)(COP(=O)(N[C@@H](C)C(=O)OCC(C)C)Oc2ccccc2)[C@@H](O)[C@@]1(C)F.CCOc1nc(NC(c2ccccc2)(c2ccccc2)c2ccc(OC)cc2)nc2c1ncn2[C@@H]1O[C@](F)(COP(=O)(N[C@@H](C)C(=O)OCC(C)C)Oc2ccccc2)[C@@H](C)[C@@]1(C)F.O=P(Cl)(Cl)Cl.O=P(Cl)(Cl)Oc1ccccc1. The van der Waals surface area contributed by atoms with Crippen LogP contribution < -0.4 is 58.6 Å². The average Bonchev–Trinajstić information content (AvgIpc) is 1.45. The molecule has 36 nitrogen and oxygen atoms in total. The Hall–Kier alpha value is -9.46. The number of methoxy groups -OCH3 is 1. The molecule has 13 rings (SSSR count). The third-order valence-corrected chi connectivity index (χ3v) is 26.4. The fraction of sp³-hybridized carbons (Fsp3) is 0.427. The monoisotopic (exact) mass is 2270 g/mol. The van der Waals surface area contributed by atoms with Crippen molar-refractivity contribution in [3.05, 3.63) is 236 Å². The molecule has 2 saturated heterocycles. The molecule has 0 radical (unpaired) electrons. The number of aliphatic hydroxyl groups is 1. The van der Waals surface area contributed by atoms with E-state index in [1.807, 2.05) is 126 Å². The van der Waals surface area contributed by atoms with Crippen molar-refractivity contribution < 1.29 is 125 Å². The molecule has 51 heteroatoms. The van der Waals surface area contributed by atoms with E-state index in [0.29, 0.717) is 23.9 Å². The zero-order valence-electron chi connectivity index (χ0n) is 80.1. The summed E-state index contributed by atoms with van der Waals surface area (Å²) in [5.74, 6) is -7.83. The van der Waals surface area contributed by atoms with E-state index >= 15 is 17.6 Å². The van der Waals surface area contributed by atoms with E-state index in [4.69, 9.17) is 110 Å². The molecular weight excluding hydrogens is 2150 g/mol. The van der Waals surface area contributed by atoms with Gasteiger partial charge in [-0.05, 0) is 177 Å². The van der Waals surface area contributed by atoms with Crippen molar-refractivity contribution in [3.63, 3.8) is 0 Å². The van der Waals surface area contributed by atoms with Gasteiger partial charge in [-0.15, -0.1) is 0 Å². The molecule has 11 aromatic rings. The summed E-state index contributed by atoms with van der Waals surface area (Å²) in [6.07, 6.45) is -7.02. The van der Waals surface area contributed by atoms with E-state index in [9.17, 15) is 42.3 Å². The summed E-state index contributed by atoms with van der Waals surface area (Å²) in [4.78, 5) is 63.3. The summed E-state index contributed by atoms with van der Waals surface area (Å²) >= 11 is 30.0. The summed E-state index contributed by atoms with van der Waals surface area (Å²) in [6, 6.07) is 56.7. The maximum absolute atomic E-state index is 17.3. The van der Waals surface area contributed by atoms with Gasteiger partial charge in [-0.1, -0.05) is 224 Å². The Morgan fingerprint density at radius 3 is 1.18 bits per heavy atom. The van der Waals surface area contributed by atoms with Gasteiger partial charge in [0.05, 0.1) is 58.7 Å². The van der Waals surface area contributed by atoms with Crippen LogP contribution in [0.5, 0.6) is 40.5 Å². The highest BCUT2D eigenvalue weighted by Crippen LogP contribution is 2.62. The Balaban J connectivity index is 0.000000391. The first-order valence-corrected chi connectivity index (χ1v) is 57.8. The van der Waals surface area contributed by atoms with Crippen LogP contribution in [-0.2, 0) is 75.5 Å². The van der Waals surface area contributed by atoms with E-state index in [-0.39, 0.29) is 131 Å². The molecule has 0 bridgehead atoms. The lowest BCUT2D eigenvalue weighted by atomic mass is 9.77. The second-order valence-corrected chi connectivity index (χ2v) is 50.6. The number of rotatable bonds is 41. The number of alkyl halides is 4. The van der Waals surface area contributed by atoms with Crippen LogP contribution in [-0.4, -0.2) is 163 Å². The number of carbonyl (C=O) groups is 3. The van der Waals surface area contributed by atoms with Gasteiger partial charge >= 0.3 is 51.5 Å². The average molecular weight is 2280 g/mol. The number of halogens is 10. The van der Waals surface area contributed by atoms with Crippen molar-refractivity contribution in [2.24, 2.45) is 23.7 Å².